The summed E-state index contributed by atoms with van der Waals surface area (Å²) in [5, 5.41) is 20.7. The number of Topliss-reactive ketones (excluding diaryl/α,β-unsaturated/α-hetero) is 1. The van der Waals surface area contributed by atoms with Crippen LogP contribution in [0, 0.1) is 23.7 Å². The maximum atomic E-state index is 12.2. The number of esters is 1. The van der Waals surface area contributed by atoms with Gasteiger partial charge in [-0.05, 0) is 44.9 Å². The Labute approximate surface area is 155 Å². The number of allylic oxidation sites excluding steroid dienone is 1. The Kier molecular flexibility index (Phi) is 7.86. The average molecular weight is 362 g/mol. The van der Waals surface area contributed by atoms with Crippen molar-refractivity contribution in [3.63, 3.8) is 0 Å². The molecule has 0 unspecified atom stereocenters. The zero-order chi connectivity index (χ0) is 19.0. The van der Waals surface area contributed by atoms with Crippen LogP contribution in [-0.2, 0) is 14.3 Å². The Balaban J connectivity index is 1.86. The number of carbonyl (C=O) groups excluding carboxylic acids is 2. The predicted molar refractivity (Wildman–Crippen MR) is 98.0 cm³/mol. The Bertz CT molecular complexity index is 577. The topological polar surface area (TPSA) is 83.8 Å². The number of ether oxygens (including phenoxy) is 1. The van der Waals surface area contributed by atoms with E-state index in [4.69, 9.17) is 0 Å². The zero-order valence-corrected chi connectivity index (χ0v) is 15.6. The van der Waals surface area contributed by atoms with Crippen LogP contribution in [0.4, 0.5) is 0 Å². The molecule has 0 aromatic rings. The molecule has 0 aromatic carbocycles. The molecule has 2 N–H and O–H groups in total. The summed E-state index contributed by atoms with van der Waals surface area (Å²) in [5.74, 6) is 5.10. The smallest absolute Gasteiger partial charge is 0.330 e. The number of ketones is 1. The number of aliphatic hydroxyl groups excluding tert-OH is 1. The van der Waals surface area contributed by atoms with E-state index in [-0.39, 0.29) is 30.0 Å². The second-order valence-corrected chi connectivity index (χ2v) is 7.44. The van der Waals surface area contributed by atoms with Crippen molar-refractivity contribution in [2.24, 2.45) is 11.8 Å². The number of methoxy groups -OCH3 is 1. The van der Waals surface area contributed by atoms with Gasteiger partial charge in [0.05, 0.1) is 19.1 Å². The number of hydrogen-bond donors (Lipinski definition) is 2. The molecule has 2 aliphatic rings. The van der Waals surface area contributed by atoms with Crippen LogP contribution in [0.2, 0.25) is 0 Å². The van der Waals surface area contributed by atoms with Crippen LogP contribution in [0.25, 0.3) is 0 Å². The summed E-state index contributed by atoms with van der Waals surface area (Å²) < 4.78 is 4.53. The molecule has 5 heteroatoms. The van der Waals surface area contributed by atoms with Crippen LogP contribution in [0.15, 0.2) is 12.2 Å². The van der Waals surface area contributed by atoms with E-state index in [0.717, 1.165) is 38.5 Å². The Morgan fingerprint density at radius 2 is 2.04 bits per heavy atom. The highest BCUT2D eigenvalue weighted by Gasteiger charge is 2.40. The summed E-state index contributed by atoms with van der Waals surface area (Å²) in [5.41, 5.74) is -0.952. The van der Waals surface area contributed by atoms with Gasteiger partial charge in [-0.3, -0.25) is 4.79 Å². The summed E-state index contributed by atoms with van der Waals surface area (Å²) in [6, 6.07) is 0. The summed E-state index contributed by atoms with van der Waals surface area (Å²) in [7, 11) is 1.34. The summed E-state index contributed by atoms with van der Waals surface area (Å²) in [6.07, 6.45) is 10.1. The molecular weight excluding hydrogens is 332 g/mol. The number of carbonyl (C=O) groups is 2. The lowest BCUT2D eigenvalue weighted by molar-refractivity contribution is -0.134. The molecule has 144 valence electrons. The van der Waals surface area contributed by atoms with Crippen LogP contribution in [-0.4, -0.2) is 40.8 Å². The summed E-state index contributed by atoms with van der Waals surface area (Å²) >= 11 is 0. The number of hydrogen-bond acceptors (Lipinski definition) is 5. The van der Waals surface area contributed by atoms with Crippen molar-refractivity contribution in [3.8, 4) is 11.8 Å². The van der Waals surface area contributed by atoms with E-state index in [1.807, 2.05) is 0 Å². The van der Waals surface area contributed by atoms with Crippen LogP contribution in [0.3, 0.4) is 0 Å². The lowest BCUT2D eigenvalue weighted by atomic mass is 9.83. The molecule has 0 saturated heterocycles. The van der Waals surface area contributed by atoms with E-state index >= 15 is 0 Å². The van der Waals surface area contributed by atoms with E-state index in [2.05, 4.69) is 16.6 Å². The van der Waals surface area contributed by atoms with Crippen molar-refractivity contribution in [2.75, 3.05) is 7.11 Å². The van der Waals surface area contributed by atoms with E-state index in [1.165, 1.54) is 13.2 Å². The minimum atomic E-state index is -0.952. The molecule has 5 nitrogen and oxygen atoms in total. The van der Waals surface area contributed by atoms with Gasteiger partial charge in [-0.2, -0.15) is 0 Å². The highest BCUT2D eigenvalue weighted by molar-refractivity contribution is 5.85. The van der Waals surface area contributed by atoms with Crippen LogP contribution in [0.1, 0.15) is 64.2 Å². The van der Waals surface area contributed by atoms with Gasteiger partial charge in [-0.25, -0.2) is 4.79 Å². The molecule has 0 heterocycles. The van der Waals surface area contributed by atoms with E-state index in [9.17, 15) is 19.8 Å². The van der Waals surface area contributed by atoms with Gasteiger partial charge in [0.1, 0.15) is 11.4 Å². The van der Waals surface area contributed by atoms with Crippen molar-refractivity contribution in [3.05, 3.63) is 12.2 Å². The van der Waals surface area contributed by atoms with E-state index in [1.54, 1.807) is 6.08 Å². The molecule has 3 atom stereocenters. The number of unbranched alkanes of at least 4 members (excludes halogenated alkanes) is 2. The largest absolute Gasteiger partial charge is 0.466 e. The van der Waals surface area contributed by atoms with Gasteiger partial charge in [0, 0.05) is 18.4 Å². The first-order chi connectivity index (χ1) is 12.4. The number of aliphatic hydroxyl groups is 2. The first-order valence-electron chi connectivity index (χ1n) is 9.65. The van der Waals surface area contributed by atoms with Crippen molar-refractivity contribution in [1.29, 1.82) is 0 Å². The van der Waals surface area contributed by atoms with Crippen molar-refractivity contribution in [2.45, 2.75) is 75.9 Å². The molecule has 0 radical (unpaired) electrons. The standard InChI is InChI=1S/C21H30O5/c1-26-20(24)10-6-3-2-5-9-16-17(19(23)15-18(16)22)11-14-21(25)12-7-4-8-13-21/h6,10,16-17,19,23,25H,2-5,7-9,12-13,15H2,1H3/b10-6+/t16-,17-,19-/m1/s1. The molecule has 0 spiro atoms. The van der Waals surface area contributed by atoms with Gasteiger partial charge < -0.3 is 14.9 Å². The maximum absolute atomic E-state index is 12.2. The molecule has 2 aliphatic carbocycles. The fourth-order valence-corrected chi connectivity index (χ4v) is 3.84. The molecule has 0 amide bonds. The Morgan fingerprint density at radius 3 is 2.73 bits per heavy atom. The fraction of sp³-hybridized carbons (Fsp3) is 0.714. The monoisotopic (exact) mass is 362 g/mol. The zero-order valence-electron chi connectivity index (χ0n) is 15.6. The third-order valence-corrected chi connectivity index (χ3v) is 5.42. The van der Waals surface area contributed by atoms with Crippen molar-refractivity contribution < 1.29 is 24.5 Å². The van der Waals surface area contributed by atoms with Crippen LogP contribution < -0.4 is 0 Å². The van der Waals surface area contributed by atoms with Gasteiger partial charge in [-0.15, -0.1) is 0 Å². The van der Waals surface area contributed by atoms with Gasteiger partial charge in [0.15, 0.2) is 0 Å². The quantitative estimate of drug-likeness (QED) is 0.328. The molecular formula is C21H30O5. The predicted octanol–water partition coefficient (Wildman–Crippen LogP) is 2.54. The minimum absolute atomic E-state index is 0.0672. The third kappa shape index (κ3) is 5.96. The number of rotatable bonds is 6. The molecule has 2 rings (SSSR count). The highest BCUT2D eigenvalue weighted by Crippen LogP contribution is 2.34. The van der Waals surface area contributed by atoms with Crippen LogP contribution in [0.5, 0.6) is 0 Å². The first-order valence-corrected chi connectivity index (χ1v) is 9.65. The molecule has 2 saturated carbocycles. The normalized spacial score (nSPS) is 28.0. The average Bonchev–Trinajstić information content (AvgIpc) is 2.89. The van der Waals surface area contributed by atoms with Gasteiger partial charge in [0.2, 0.25) is 0 Å². The van der Waals surface area contributed by atoms with Crippen molar-refractivity contribution >= 4 is 11.8 Å². The highest BCUT2D eigenvalue weighted by atomic mass is 16.5. The van der Waals surface area contributed by atoms with E-state index in [0.29, 0.717) is 19.3 Å². The second kappa shape index (κ2) is 9.89. The Hall–Kier alpha value is -1.64. The lowest BCUT2D eigenvalue weighted by Gasteiger charge is -2.27. The molecule has 0 bridgehead atoms. The minimum Gasteiger partial charge on any atom is -0.466 e. The molecule has 26 heavy (non-hydrogen) atoms. The molecule has 0 aliphatic heterocycles. The summed E-state index contributed by atoms with van der Waals surface area (Å²) in [4.78, 5) is 23.2. The van der Waals surface area contributed by atoms with Gasteiger partial charge in [-0.1, -0.05) is 30.8 Å². The molecule has 0 aromatic heterocycles. The van der Waals surface area contributed by atoms with Gasteiger partial charge in [0.25, 0.3) is 0 Å². The maximum Gasteiger partial charge on any atom is 0.330 e. The first kappa shape index (κ1) is 20.7. The Morgan fingerprint density at radius 1 is 1.31 bits per heavy atom. The fourth-order valence-electron chi connectivity index (χ4n) is 3.84. The third-order valence-electron chi connectivity index (χ3n) is 5.42. The molecule has 2 fully saturated rings. The van der Waals surface area contributed by atoms with E-state index < -0.39 is 11.7 Å². The SMILES string of the molecule is COC(=O)/C=C/CCCC[C@H]1C(=O)C[C@@H](O)[C@@H]1C#CC1(O)CCCCC1. The second-order valence-electron chi connectivity index (χ2n) is 7.44. The lowest BCUT2D eigenvalue weighted by Crippen LogP contribution is -2.30. The summed E-state index contributed by atoms with van der Waals surface area (Å²) in [6.45, 7) is 0. The van der Waals surface area contributed by atoms with Crippen molar-refractivity contribution in [1.82, 2.24) is 0 Å². The van der Waals surface area contributed by atoms with Crippen LogP contribution >= 0.6 is 0 Å². The van der Waals surface area contributed by atoms with Gasteiger partial charge >= 0.3 is 5.97 Å².